The van der Waals surface area contributed by atoms with Crippen molar-refractivity contribution in [2.24, 2.45) is 0 Å². The van der Waals surface area contributed by atoms with Crippen LogP contribution in [0.25, 0.3) is 0 Å². The fourth-order valence-corrected chi connectivity index (χ4v) is 2.14. The third-order valence-corrected chi connectivity index (χ3v) is 3.34. The average Bonchev–Trinajstić information content (AvgIpc) is 2.45. The molecule has 0 spiro atoms. The van der Waals surface area contributed by atoms with Crippen molar-refractivity contribution < 1.29 is 5.11 Å². The Balaban J connectivity index is 1.92. The van der Waals surface area contributed by atoms with Gasteiger partial charge in [0.15, 0.2) is 0 Å². The first-order chi connectivity index (χ1) is 9.16. The van der Waals surface area contributed by atoms with Crippen LogP contribution in [0.5, 0.6) is 0 Å². The molecule has 100 valence electrons. The van der Waals surface area contributed by atoms with E-state index in [0.717, 1.165) is 5.56 Å². The van der Waals surface area contributed by atoms with Crippen LogP contribution in [-0.2, 0) is 0 Å². The number of rotatable bonds is 5. The van der Waals surface area contributed by atoms with Crippen LogP contribution in [0.3, 0.4) is 0 Å². The largest absolute Gasteiger partial charge is 0.387 e. The van der Waals surface area contributed by atoms with Gasteiger partial charge in [-0.2, -0.15) is 0 Å². The molecular weight excluding hydrogens is 234 g/mol. The molecule has 0 bridgehead atoms. The average molecular weight is 255 g/mol. The second-order valence-electron chi connectivity index (χ2n) is 4.97. The Hall–Kier alpha value is -1.64. The molecule has 0 aliphatic carbocycles. The van der Waals surface area contributed by atoms with Crippen molar-refractivity contribution in [2.75, 3.05) is 6.54 Å². The van der Waals surface area contributed by atoms with Gasteiger partial charge in [-0.3, -0.25) is 0 Å². The van der Waals surface area contributed by atoms with E-state index in [2.05, 4.69) is 43.4 Å². The van der Waals surface area contributed by atoms with Gasteiger partial charge < -0.3 is 10.4 Å². The molecule has 2 aromatic carbocycles. The normalized spacial score (nSPS) is 14.1. The molecule has 0 aliphatic heterocycles. The molecule has 0 aliphatic rings. The Morgan fingerprint density at radius 1 is 1.00 bits per heavy atom. The van der Waals surface area contributed by atoms with Crippen LogP contribution in [0.1, 0.15) is 35.8 Å². The van der Waals surface area contributed by atoms with Gasteiger partial charge in [0.2, 0.25) is 0 Å². The maximum Gasteiger partial charge on any atom is 0.0914 e. The number of benzene rings is 2. The van der Waals surface area contributed by atoms with E-state index >= 15 is 0 Å². The van der Waals surface area contributed by atoms with E-state index in [-0.39, 0.29) is 6.04 Å². The van der Waals surface area contributed by atoms with E-state index in [9.17, 15) is 5.11 Å². The van der Waals surface area contributed by atoms with Crippen molar-refractivity contribution in [1.29, 1.82) is 0 Å². The monoisotopic (exact) mass is 255 g/mol. The highest BCUT2D eigenvalue weighted by molar-refractivity contribution is 5.25. The third-order valence-electron chi connectivity index (χ3n) is 3.34. The molecular formula is C17H21NO. The first-order valence-electron chi connectivity index (χ1n) is 6.70. The lowest BCUT2D eigenvalue weighted by molar-refractivity contribution is 0.171. The molecule has 2 nitrogen and oxygen atoms in total. The molecule has 2 rings (SSSR count). The molecule has 0 saturated carbocycles. The zero-order chi connectivity index (χ0) is 13.7. The van der Waals surface area contributed by atoms with Crippen LogP contribution in [-0.4, -0.2) is 11.7 Å². The molecule has 2 heteroatoms. The second-order valence-corrected chi connectivity index (χ2v) is 4.97. The van der Waals surface area contributed by atoms with Gasteiger partial charge in [0.1, 0.15) is 0 Å². The van der Waals surface area contributed by atoms with Gasteiger partial charge in [-0.15, -0.1) is 0 Å². The second kappa shape index (κ2) is 6.50. The summed E-state index contributed by atoms with van der Waals surface area (Å²) in [6.07, 6.45) is -0.464. The Bertz CT molecular complexity index is 510. The predicted octanol–water partition coefficient (Wildman–Crippen LogP) is 3.38. The summed E-state index contributed by atoms with van der Waals surface area (Å²) in [6.45, 7) is 4.76. The minimum atomic E-state index is -0.464. The molecule has 2 N–H and O–H groups in total. The van der Waals surface area contributed by atoms with Crippen LogP contribution in [0.2, 0.25) is 0 Å². The van der Waals surface area contributed by atoms with Crippen molar-refractivity contribution >= 4 is 0 Å². The number of nitrogens with one attached hydrogen (secondary N) is 1. The molecule has 2 aromatic rings. The maximum absolute atomic E-state index is 10.1. The molecule has 0 fully saturated rings. The number of aliphatic hydroxyl groups excluding tert-OH is 1. The first kappa shape index (κ1) is 13.8. The summed E-state index contributed by atoms with van der Waals surface area (Å²) in [6, 6.07) is 18.4. The zero-order valence-electron chi connectivity index (χ0n) is 11.5. The molecule has 2 unspecified atom stereocenters. The quantitative estimate of drug-likeness (QED) is 0.858. The van der Waals surface area contributed by atoms with E-state index in [1.54, 1.807) is 0 Å². The Kier molecular flexibility index (Phi) is 4.72. The Morgan fingerprint density at radius 3 is 2.37 bits per heavy atom. The van der Waals surface area contributed by atoms with Crippen molar-refractivity contribution in [2.45, 2.75) is 26.0 Å². The summed E-state index contributed by atoms with van der Waals surface area (Å²) in [5.41, 5.74) is 3.46. The van der Waals surface area contributed by atoms with Crippen molar-refractivity contribution in [3.05, 3.63) is 71.3 Å². The van der Waals surface area contributed by atoms with Gasteiger partial charge in [0, 0.05) is 12.6 Å². The van der Waals surface area contributed by atoms with Crippen molar-refractivity contribution in [3.63, 3.8) is 0 Å². The fourth-order valence-electron chi connectivity index (χ4n) is 2.14. The molecule has 0 amide bonds. The molecule has 2 atom stereocenters. The lowest BCUT2D eigenvalue weighted by Gasteiger charge is -2.18. The van der Waals surface area contributed by atoms with E-state index in [4.69, 9.17) is 0 Å². The van der Waals surface area contributed by atoms with Crippen LogP contribution in [0.15, 0.2) is 54.6 Å². The SMILES string of the molecule is Cc1cccc(C(C)NCC(O)c2ccccc2)c1. The third kappa shape index (κ3) is 3.91. The molecule has 0 aromatic heterocycles. The minimum absolute atomic E-state index is 0.235. The topological polar surface area (TPSA) is 32.3 Å². The van der Waals surface area contributed by atoms with Gasteiger partial charge in [0.05, 0.1) is 6.10 Å². The Labute approximate surface area is 115 Å². The number of aryl methyl sites for hydroxylation is 1. The molecule has 19 heavy (non-hydrogen) atoms. The lowest BCUT2D eigenvalue weighted by Crippen LogP contribution is -2.24. The number of aliphatic hydroxyl groups is 1. The zero-order valence-corrected chi connectivity index (χ0v) is 11.5. The van der Waals surface area contributed by atoms with E-state index in [1.807, 2.05) is 30.3 Å². The predicted molar refractivity (Wildman–Crippen MR) is 79.0 cm³/mol. The fraction of sp³-hybridized carbons (Fsp3) is 0.294. The number of hydrogen-bond acceptors (Lipinski definition) is 2. The van der Waals surface area contributed by atoms with Gasteiger partial charge in [-0.1, -0.05) is 60.2 Å². The molecule has 0 saturated heterocycles. The summed E-state index contributed by atoms with van der Waals surface area (Å²) in [5, 5.41) is 13.5. The highest BCUT2D eigenvalue weighted by Gasteiger charge is 2.10. The van der Waals surface area contributed by atoms with Gasteiger partial charge in [-0.05, 0) is 25.0 Å². The minimum Gasteiger partial charge on any atom is -0.387 e. The summed E-state index contributed by atoms with van der Waals surface area (Å²) >= 11 is 0. The van der Waals surface area contributed by atoms with Crippen LogP contribution in [0.4, 0.5) is 0 Å². The summed E-state index contributed by atoms with van der Waals surface area (Å²) in [4.78, 5) is 0. The Morgan fingerprint density at radius 2 is 1.68 bits per heavy atom. The van der Waals surface area contributed by atoms with Crippen molar-refractivity contribution in [3.8, 4) is 0 Å². The lowest BCUT2D eigenvalue weighted by atomic mass is 10.0. The summed E-state index contributed by atoms with van der Waals surface area (Å²) in [7, 11) is 0. The van der Waals surface area contributed by atoms with E-state index in [1.165, 1.54) is 11.1 Å². The van der Waals surface area contributed by atoms with Gasteiger partial charge in [0.25, 0.3) is 0 Å². The van der Waals surface area contributed by atoms with Gasteiger partial charge in [-0.25, -0.2) is 0 Å². The molecule has 0 heterocycles. The number of hydrogen-bond donors (Lipinski definition) is 2. The molecule has 0 radical (unpaired) electrons. The van der Waals surface area contributed by atoms with E-state index < -0.39 is 6.10 Å². The summed E-state index contributed by atoms with van der Waals surface area (Å²) in [5.74, 6) is 0. The summed E-state index contributed by atoms with van der Waals surface area (Å²) < 4.78 is 0. The van der Waals surface area contributed by atoms with Crippen LogP contribution < -0.4 is 5.32 Å². The van der Waals surface area contributed by atoms with Crippen LogP contribution >= 0.6 is 0 Å². The van der Waals surface area contributed by atoms with Crippen LogP contribution in [0, 0.1) is 6.92 Å². The highest BCUT2D eigenvalue weighted by Crippen LogP contribution is 2.16. The van der Waals surface area contributed by atoms with E-state index in [0.29, 0.717) is 6.54 Å². The smallest absolute Gasteiger partial charge is 0.0914 e. The standard InChI is InChI=1S/C17H21NO/c1-13-7-6-10-16(11-13)14(2)18-12-17(19)15-8-4-3-5-9-15/h3-11,14,17-19H,12H2,1-2H3. The first-order valence-corrected chi connectivity index (χ1v) is 6.70. The van der Waals surface area contributed by atoms with Gasteiger partial charge >= 0.3 is 0 Å². The maximum atomic E-state index is 10.1. The van der Waals surface area contributed by atoms with Crippen molar-refractivity contribution in [1.82, 2.24) is 5.32 Å². The highest BCUT2D eigenvalue weighted by atomic mass is 16.3.